The Balaban J connectivity index is 1.35. The van der Waals surface area contributed by atoms with E-state index in [-0.39, 0.29) is 22.9 Å². The quantitative estimate of drug-likeness (QED) is 0.137. The Morgan fingerprint density at radius 1 is 0.476 bits per heavy atom. The lowest BCUT2D eigenvalue weighted by Gasteiger charge is -2.15. The summed E-state index contributed by atoms with van der Waals surface area (Å²) in [6, 6.07) is 39.6. The first-order valence-corrected chi connectivity index (χ1v) is 13.0. The highest BCUT2D eigenvalue weighted by Crippen LogP contribution is 2.40. The van der Waals surface area contributed by atoms with E-state index >= 15 is 0 Å². The van der Waals surface area contributed by atoms with Crippen molar-refractivity contribution in [2.75, 3.05) is 0 Å². The van der Waals surface area contributed by atoms with Gasteiger partial charge in [0.25, 0.3) is 0 Å². The average molecular weight is 555 g/mol. The van der Waals surface area contributed by atoms with Crippen molar-refractivity contribution in [3.05, 3.63) is 154 Å². The van der Waals surface area contributed by atoms with Gasteiger partial charge in [0.15, 0.2) is 0 Å². The van der Waals surface area contributed by atoms with Gasteiger partial charge < -0.3 is 9.47 Å². The van der Waals surface area contributed by atoms with Crippen LogP contribution in [-0.4, -0.2) is 9.85 Å². The van der Waals surface area contributed by atoms with Crippen LogP contribution in [0.25, 0.3) is 33.0 Å². The molecule has 0 aromatic heterocycles. The van der Waals surface area contributed by atoms with Gasteiger partial charge in [-0.1, -0.05) is 84.9 Å². The standard InChI is InChI=1S/C34H22N2O6/c37-35(38)30-9-3-5-11-32(30)41-26-18-13-24(14-19-26)29-22-17-23-7-1-2-8-28(23)34(29)25-15-20-27(21-16-25)42-33-12-6-4-10-31(33)36(39)40/h1-22H. The average Bonchev–Trinajstić information content (AvgIpc) is 3.02. The maximum Gasteiger partial charge on any atom is 0.311 e. The summed E-state index contributed by atoms with van der Waals surface area (Å²) in [5.74, 6) is 1.30. The molecule has 6 aromatic rings. The molecular formula is C34H22N2O6. The molecule has 0 amide bonds. The summed E-state index contributed by atoms with van der Waals surface area (Å²) >= 11 is 0. The molecular weight excluding hydrogens is 532 g/mol. The number of nitrogens with zero attached hydrogens (tertiary/aromatic N) is 2. The third-order valence-corrected chi connectivity index (χ3v) is 6.82. The maximum atomic E-state index is 11.4. The number of hydrogen-bond acceptors (Lipinski definition) is 6. The van der Waals surface area contributed by atoms with Crippen LogP contribution in [0.15, 0.2) is 133 Å². The minimum absolute atomic E-state index is 0.104. The van der Waals surface area contributed by atoms with Gasteiger partial charge in [-0.05, 0) is 69.4 Å². The van der Waals surface area contributed by atoms with Crippen molar-refractivity contribution in [1.82, 2.24) is 0 Å². The smallest absolute Gasteiger partial charge is 0.311 e. The van der Waals surface area contributed by atoms with Crippen LogP contribution < -0.4 is 9.47 Å². The predicted molar refractivity (Wildman–Crippen MR) is 161 cm³/mol. The minimum atomic E-state index is -0.470. The molecule has 8 heteroatoms. The van der Waals surface area contributed by atoms with Gasteiger partial charge >= 0.3 is 11.4 Å². The van der Waals surface area contributed by atoms with Crippen LogP contribution in [0, 0.1) is 20.2 Å². The van der Waals surface area contributed by atoms with Crippen LogP contribution in [-0.2, 0) is 0 Å². The second-order valence-electron chi connectivity index (χ2n) is 9.41. The van der Waals surface area contributed by atoms with Gasteiger partial charge in [-0.15, -0.1) is 0 Å². The van der Waals surface area contributed by atoms with Crippen molar-refractivity contribution in [3.8, 4) is 45.3 Å². The highest BCUT2D eigenvalue weighted by molar-refractivity contribution is 6.04. The second kappa shape index (κ2) is 11.2. The number of benzene rings is 6. The van der Waals surface area contributed by atoms with E-state index in [1.165, 1.54) is 12.1 Å². The summed E-state index contributed by atoms with van der Waals surface area (Å²) in [6.07, 6.45) is 0. The van der Waals surface area contributed by atoms with Gasteiger partial charge in [0.1, 0.15) is 11.5 Å². The Bertz CT molecular complexity index is 1940. The van der Waals surface area contributed by atoms with E-state index in [1.54, 1.807) is 60.7 Å². The molecule has 0 saturated heterocycles. The van der Waals surface area contributed by atoms with Crippen molar-refractivity contribution in [2.24, 2.45) is 0 Å². The topological polar surface area (TPSA) is 105 Å². The number of fused-ring (bicyclic) bond motifs is 1. The predicted octanol–water partition coefficient (Wildman–Crippen LogP) is 9.57. The number of ether oxygens (including phenoxy) is 2. The molecule has 0 saturated carbocycles. The molecule has 42 heavy (non-hydrogen) atoms. The zero-order chi connectivity index (χ0) is 29.1. The van der Waals surface area contributed by atoms with Gasteiger partial charge in [0.2, 0.25) is 11.5 Å². The van der Waals surface area contributed by atoms with E-state index in [1.807, 2.05) is 36.4 Å². The lowest BCUT2D eigenvalue weighted by Crippen LogP contribution is -1.93. The van der Waals surface area contributed by atoms with Crippen LogP contribution in [0.5, 0.6) is 23.0 Å². The third kappa shape index (κ3) is 5.24. The molecule has 0 aliphatic rings. The highest BCUT2D eigenvalue weighted by Gasteiger charge is 2.17. The van der Waals surface area contributed by atoms with Crippen LogP contribution in [0.4, 0.5) is 11.4 Å². The van der Waals surface area contributed by atoms with Crippen molar-refractivity contribution in [2.45, 2.75) is 0 Å². The van der Waals surface area contributed by atoms with Gasteiger partial charge in [0.05, 0.1) is 9.85 Å². The summed E-state index contributed by atoms with van der Waals surface area (Å²) in [7, 11) is 0. The molecule has 0 spiro atoms. The van der Waals surface area contributed by atoms with E-state index in [0.29, 0.717) is 11.5 Å². The van der Waals surface area contributed by atoms with Crippen molar-refractivity contribution < 1.29 is 19.3 Å². The molecule has 0 aliphatic carbocycles. The normalized spacial score (nSPS) is 10.8. The molecule has 0 N–H and O–H groups in total. The van der Waals surface area contributed by atoms with Crippen LogP contribution in [0.3, 0.4) is 0 Å². The fourth-order valence-electron chi connectivity index (χ4n) is 4.86. The monoisotopic (exact) mass is 554 g/mol. The van der Waals surface area contributed by atoms with Crippen molar-refractivity contribution in [3.63, 3.8) is 0 Å². The van der Waals surface area contributed by atoms with Gasteiger partial charge in [-0.25, -0.2) is 0 Å². The Hall–Kier alpha value is -6.02. The summed E-state index contributed by atoms with van der Waals surface area (Å²) in [6.45, 7) is 0. The van der Waals surface area contributed by atoms with E-state index in [2.05, 4.69) is 24.3 Å². The highest BCUT2D eigenvalue weighted by atomic mass is 16.6. The lowest BCUT2D eigenvalue weighted by atomic mass is 9.90. The Morgan fingerprint density at radius 2 is 0.952 bits per heavy atom. The molecule has 0 unspecified atom stereocenters. The largest absolute Gasteiger partial charge is 0.450 e. The molecule has 204 valence electrons. The SMILES string of the molecule is O=[N+]([O-])c1ccccc1Oc1ccc(-c2ccc3ccccc3c2-c2ccc(Oc3ccccc3[N+](=O)[O-])cc2)cc1. The van der Waals surface area contributed by atoms with Crippen LogP contribution >= 0.6 is 0 Å². The first-order chi connectivity index (χ1) is 20.5. The molecule has 0 heterocycles. The first-order valence-electron chi connectivity index (χ1n) is 13.0. The fourth-order valence-corrected chi connectivity index (χ4v) is 4.86. The number of nitro groups is 2. The van der Waals surface area contributed by atoms with E-state index < -0.39 is 9.85 Å². The van der Waals surface area contributed by atoms with Crippen LogP contribution in [0.2, 0.25) is 0 Å². The second-order valence-corrected chi connectivity index (χ2v) is 9.41. The molecule has 0 aliphatic heterocycles. The Morgan fingerprint density at radius 3 is 1.50 bits per heavy atom. The maximum absolute atomic E-state index is 11.4. The number of nitro benzene ring substituents is 2. The van der Waals surface area contributed by atoms with Gasteiger partial charge in [-0.3, -0.25) is 20.2 Å². The summed E-state index contributed by atoms with van der Waals surface area (Å²) in [5.41, 5.74) is 3.67. The van der Waals surface area contributed by atoms with Gasteiger partial charge in [-0.2, -0.15) is 0 Å². The minimum Gasteiger partial charge on any atom is -0.450 e. The van der Waals surface area contributed by atoms with Crippen molar-refractivity contribution in [1.29, 1.82) is 0 Å². The van der Waals surface area contributed by atoms with Crippen LogP contribution in [0.1, 0.15) is 0 Å². The van der Waals surface area contributed by atoms with E-state index in [0.717, 1.165) is 33.0 Å². The first kappa shape index (κ1) is 26.2. The van der Waals surface area contributed by atoms with Gasteiger partial charge in [0, 0.05) is 12.1 Å². The lowest BCUT2D eigenvalue weighted by molar-refractivity contribution is -0.385. The molecule has 0 atom stereocenters. The Kier molecular flexibility index (Phi) is 7.01. The summed E-state index contributed by atoms with van der Waals surface area (Å²) < 4.78 is 11.7. The zero-order valence-corrected chi connectivity index (χ0v) is 22.0. The Labute approximate surface area is 240 Å². The molecule has 0 fully saturated rings. The fraction of sp³-hybridized carbons (Fsp3) is 0. The van der Waals surface area contributed by atoms with E-state index in [4.69, 9.17) is 9.47 Å². The number of para-hydroxylation sites is 4. The van der Waals surface area contributed by atoms with Crippen molar-refractivity contribution >= 4 is 22.1 Å². The number of rotatable bonds is 8. The third-order valence-electron chi connectivity index (χ3n) is 6.82. The molecule has 6 rings (SSSR count). The summed E-state index contributed by atoms with van der Waals surface area (Å²) in [4.78, 5) is 21.8. The molecule has 0 radical (unpaired) electrons. The summed E-state index contributed by atoms with van der Waals surface area (Å²) in [5, 5.41) is 24.9. The zero-order valence-electron chi connectivity index (χ0n) is 22.0. The molecule has 0 bridgehead atoms. The molecule has 6 aromatic carbocycles. The molecule has 8 nitrogen and oxygen atoms in total. The van der Waals surface area contributed by atoms with E-state index in [9.17, 15) is 20.2 Å². The number of hydrogen-bond donors (Lipinski definition) is 0.